The van der Waals surface area contributed by atoms with Gasteiger partial charge in [-0.3, -0.25) is 0 Å². The molecule has 96 valence electrons. The molecule has 1 rings (SSSR count). The lowest BCUT2D eigenvalue weighted by Gasteiger charge is -2.37. The van der Waals surface area contributed by atoms with E-state index in [1.807, 2.05) is 0 Å². The van der Waals surface area contributed by atoms with Crippen molar-refractivity contribution in [2.45, 2.75) is 45.7 Å². The van der Waals surface area contributed by atoms with Crippen molar-refractivity contribution in [3.05, 3.63) is 0 Å². The van der Waals surface area contributed by atoms with Crippen LogP contribution in [0.15, 0.2) is 0 Å². The zero-order chi connectivity index (χ0) is 12.0. The summed E-state index contributed by atoms with van der Waals surface area (Å²) in [5, 5.41) is 3.43. The fourth-order valence-corrected chi connectivity index (χ4v) is 2.54. The molecule has 1 fully saturated rings. The van der Waals surface area contributed by atoms with Crippen LogP contribution in [-0.4, -0.2) is 50.3 Å². The van der Waals surface area contributed by atoms with Gasteiger partial charge in [0.2, 0.25) is 0 Å². The summed E-state index contributed by atoms with van der Waals surface area (Å²) < 4.78 is 5.61. The molecule has 1 aliphatic rings. The van der Waals surface area contributed by atoms with E-state index in [1.165, 1.54) is 6.42 Å². The van der Waals surface area contributed by atoms with Gasteiger partial charge < -0.3 is 15.0 Å². The number of hydrogen-bond acceptors (Lipinski definition) is 3. The van der Waals surface area contributed by atoms with Gasteiger partial charge in [0, 0.05) is 31.2 Å². The van der Waals surface area contributed by atoms with Crippen molar-refractivity contribution in [2.24, 2.45) is 5.92 Å². The monoisotopic (exact) mass is 228 g/mol. The van der Waals surface area contributed by atoms with Crippen LogP contribution in [0.2, 0.25) is 0 Å². The fourth-order valence-electron chi connectivity index (χ4n) is 2.54. The van der Waals surface area contributed by atoms with E-state index in [0.717, 1.165) is 32.7 Å². The first-order valence-corrected chi connectivity index (χ1v) is 6.71. The first kappa shape index (κ1) is 13.9. The summed E-state index contributed by atoms with van der Waals surface area (Å²) in [4.78, 5) is 2.57. The van der Waals surface area contributed by atoms with E-state index < -0.39 is 0 Å². The zero-order valence-electron chi connectivity index (χ0n) is 11.3. The molecule has 3 unspecified atom stereocenters. The van der Waals surface area contributed by atoms with Gasteiger partial charge in [-0.2, -0.15) is 0 Å². The third kappa shape index (κ3) is 3.72. The van der Waals surface area contributed by atoms with Gasteiger partial charge in [-0.25, -0.2) is 0 Å². The molecule has 16 heavy (non-hydrogen) atoms. The second-order valence-electron chi connectivity index (χ2n) is 4.86. The number of nitrogens with zero attached hydrogens (tertiary/aromatic N) is 1. The Balaban J connectivity index is 2.48. The smallest absolute Gasteiger partial charge is 0.0521 e. The maximum Gasteiger partial charge on any atom is 0.0521 e. The van der Waals surface area contributed by atoms with Gasteiger partial charge in [-0.05, 0) is 33.4 Å². The lowest BCUT2D eigenvalue weighted by atomic mass is 9.94. The number of rotatable bonds is 6. The van der Waals surface area contributed by atoms with Crippen molar-refractivity contribution in [3.63, 3.8) is 0 Å². The van der Waals surface area contributed by atoms with E-state index in [1.54, 1.807) is 0 Å². The second-order valence-corrected chi connectivity index (χ2v) is 4.86. The van der Waals surface area contributed by atoms with Gasteiger partial charge in [0.05, 0.1) is 6.61 Å². The van der Waals surface area contributed by atoms with Crippen molar-refractivity contribution >= 4 is 0 Å². The van der Waals surface area contributed by atoms with Crippen LogP contribution in [-0.2, 0) is 4.74 Å². The van der Waals surface area contributed by atoms with Gasteiger partial charge >= 0.3 is 0 Å². The molecule has 3 nitrogen and oxygen atoms in total. The third-order valence-electron chi connectivity index (χ3n) is 3.93. The fraction of sp³-hybridized carbons (Fsp3) is 1.00. The number of hydrogen-bond donors (Lipinski definition) is 1. The molecule has 0 aromatic rings. The average molecular weight is 228 g/mol. The Bertz CT molecular complexity index is 187. The molecule has 0 bridgehead atoms. The largest absolute Gasteiger partial charge is 0.381 e. The van der Waals surface area contributed by atoms with E-state index in [4.69, 9.17) is 4.74 Å². The summed E-state index contributed by atoms with van der Waals surface area (Å²) in [5.74, 6) is 0.646. The summed E-state index contributed by atoms with van der Waals surface area (Å²) in [6.45, 7) is 11.0. The van der Waals surface area contributed by atoms with Crippen molar-refractivity contribution in [1.82, 2.24) is 10.2 Å². The van der Waals surface area contributed by atoms with E-state index in [2.05, 4.69) is 38.0 Å². The van der Waals surface area contributed by atoms with Crippen molar-refractivity contribution < 1.29 is 4.74 Å². The normalized spacial score (nSPS) is 28.3. The number of nitrogens with one attached hydrogen (secondary N) is 1. The predicted molar refractivity (Wildman–Crippen MR) is 68.8 cm³/mol. The molecule has 1 aliphatic heterocycles. The SMILES string of the molecule is CCC(C)N(CC)CC1COCCC1NC. The molecule has 1 saturated heterocycles. The highest BCUT2D eigenvalue weighted by Crippen LogP contribution is 2.17. The van der Waals surface area contributed by atoms with Crippen LogP contribution in [0.3, 0.4) is 0 Å². The van der Waals surface area contributed by atoms with Gasteiger partial charge in [0.1, 0.15) is 0 Å². The Morgan fingerprint density at radius 2 is 2.19 bits per heavy atom. The zero-order valence-corrected chi connectivity index (χ0v) is 11.3. The highest BCUT2D eigenvalue weighted by Gasteiger charge is 2.26. The lowest BCUT2D eigenvalue weighted by molar-refractivity contribution is 0.0135. The molecular formula is C13H28N2O. The quantitative estimate of drug-likeness (QED) is 0.749. The van der Waals surface area contributed by atoms with E-state index in [9.17, 15) is 0 Å². The first-order valence-electron chi connectivity index (χ1n) is 6.71. The minimum Gasteiger partial charge on any atom is -0.381 e. The summed E-state index contributed by atoms with van der Waals surface area (Å²) >= 11 is 0. The molecule has 1 heterocycles. The van der Waals surface area contributed by atoms with E-state index >= 15 is 0 Å². The Hall–Kier alpha value is -0.120. The molecule has 0 aromatic heterocycles. The highest BCUT2D eigenvalue weighted by atomic mass is 16.5. The van der Waals surface area contributed by atoms with Gasteiger partial charge in [-0.1, -0.05) is 13.8 Å². The number of ether oxygens (including phenoxy) is 1. The van der Waals surface area contributed by atoms with E-state index in [-0.39, 0.29) is 0 Å². The summed E-state index contributed by atoms with van der Waals surface area (Å²) in [5.41, 5.74) is 0. The molecule has 3 atom stereocenters. The second kappa shape index (κ2) is 7.25. The molecule has 0 aromatic carbocycles. The standard InChI is InChI=1S/C13H28N2O/c1-5-11(3)15(6-2)9-12-10-16-8-7-13(12)14-4/h11-14H,5-10H2,1-4H3. The summed E-state index contributed by atoms with van der Waals surface area (Å²) in [7, 11) is 2.07. The highest BCUT2D eigenvalue weighted by molar-refractivity contribution is 4.82. The topological polar surface area (TPSA) is 24.5 Å². The molecule has 0 saturated carbocycles. The minimum absolute atomic E-state index is 0.631. The minimum atomic E-state index is 0.631. The van der Waals surface area contributed by atoms with Gasteiger partial charge in [0.15, 0.2) is 0 Å². The molecule has 3 heteroatoms. The lowest BCUT2D eigenvalue weighted by Crippen LogP contribution is -2.48. The van der Waals surface area contributed by atoms with Crippen LogP contribution in [0.4, 0.5) is 0 Å². The molecular weight excluding hydrogens is 200 g/mol. The molecule has 0 aliphatic carbocycles. The Labute approximate surface area is 101 Å². The van der Waals surface area contributed by atoms with Crippen LogP contribution in [0.5, 0.6) is 0 Å². The summed E-state index contributed by atoms with van der Waals surface area (Å²) in [6, 6.07) is 1.32. The van der Waals surface area contributed by atoms with Crippen LogP contribution in [0.25, 0.3) is 0 Å². The predicted octanol–water partition coefficient (Wildman–Crippen LogP) is 1.73. The van der Waals surface area contributed by atoms with Crippen molar-refractivity contribution in [3.8, 4) is 0 Å². The Kier molecular flexibility index (Phi) is 6.32. The van der Waals surface area contributed by atoms with Crippen LogP contribution >= 0.6 is 0 Å². The van der Waals surface area contributed by atoms with Crippen LogP contribution in [0.1, 0.15) is 33.6 Å². The van der Waals surface area contributed by atoms with Gasteiger partial charge in [-0.15, -0.1) is 0 Å². The Morgan fingerprint density at radius 3 is 2.75 bits per heavy atom. The molecule has 0 radical (unpaired) electrons. The van der Waals surface area contributed by atoms with Crippen molar-refractivity contribution in [1.29, 1.82) is 0 Å². The first-order chi connectivity index (χ1) is 7.72. The van der Waals surface area contributed by atoms with Crippen LogP contribution < -0.4 is 5.32 Å². The van der Waals surface area contributed by atoms with Gasteiger partial charge in [0.25, 0.3) is 0 Å². The van der Waals surface area contributed by atoms with E-state index in [0.29, 0.717) is 18.0 Å². The summed E-state index contributed by atoms with van der Waals surface area (Å²) in [6.07, 6.45) is 2.38. The maximum atomic E-state index is 5.61. The average Bonchev–Trinajstić information content (AvgIpc) is 2.35. The Morgan fingerprint density at radius 1 is 1.44 bits per heavy atom. The third-order valence-corrected chi connectivity index (χ3v) is 3.93. The maximum absolute atomic E-state index is 5.61. The molecule has 0 amide bonds. The molecule has 1 N–H and O–H groups in total. The van der Waals surface area contributed by atoms with Crippen molar-refractivity contribution in [2.75, 3.05) is 33.4 Å². The van der Waals surface area contributed by atoms with Crippen LogP contribution in [0, 0.1) is 5.92 Å². The molecule has 0 spiro atoms.